The number of rotatable bonds is 3. The molecule has 0 aliphatic carbocycles. The summed E-state index contributed by atoms with van der Waals surface area (Å²) in [5.74, 6) is -0.572. The monoisotopic (exact) mass is 398 g/mol. The number of halogens is 3. The molecule has 1 N–H and O–H groups in total. The molecule has 9 heteroatoms. The van der Waals surface area contributed by atoms with Crippen molar-refractivity contribution in [3.63, 3.8) is 0 Å². The second-order valence-corrected chi connectivity index (χ2v) is 8.01. The molecule has 1 amide bonds. The minimum Gasteiger partial charge on any atom is -0.358 e. The van der Waals surface area contributed by atoms with Gasteiger partial charge in [0.1, 0.15) is 6.04 Å². The van der Waals surface area contributed by atoms with Gasteiger partial charge in [0.05, 0.1) is 10.5 Å². The normalized spacial score (nSPS) is 18.0. The van der Waals surface area contributed by atoms with Crippen molar-refractivity contribution < 1.29 is 26.4 Å². The lowest BCUT2D eigenvalue weighted by atomic mass is 9.95. The summed E-state index contributed by atoms with van der Waals surface area (Å²) in [6.07, 6.45) is -4.75. The van der Waals surface area contributed by atoms with E-state index in [9.17, 15) is 26.4 Å². The minimum atomic E-state index is -4.83. The van der Waals surface area contributed by atoms with Crippen LogP contribution in [-0.4, -0.2) is 31.7 Å². The molecule has 3 rings (SSSR count). The average Bonchev–Trinajstić information content (AvgIpc) is 2.65. The van der Waals surface area contributed by atoms with Gasteiger partial charge in [0, 0.05) is 13.6 Å². The number of sulfonamides is 1. The lowest BCUT2D eigenvalue weighted by Crippen LogP contribution is -2.52. The van der Waals surface area contributed by atoms with Crippen molar-refractivity contribution in [1.29, 1.82) is 0 Å². The van der Waals surface area contributed by atoms with Crippen LogP contribution in [0.4, 0.5) is 13.2 Å². The SMILES string of the molecule is CNC(=O)[C@@H]1Cc2ccccc2CN1S(=O)(=O)c1ccccc1C(F)(F)F. The molecule has 0 bridgehead atoms. The number of alkyl halides is 3. The molecule has 0 radical (unpaired) electrons. The van der Waals surface area contributed by atoms with Gasteiger partial charge in [-0.1, -0.05) is 36.4 Å². The number of benzene rings is 2. The van der Waals surface area contributed by atoms with Gasteiger partial charge in [-0.05, 0) is 29.7 Å². The van der Waals surface area contributed by atoms with Gasteiger partial charge in [0.25, 0.3) is 0 Å². The van der Waals surface area contributed by atoms with E-state index in [2.05, 4.69) is 5.32 Å². The van der Waals surface area contributed by atoms with E-state index in [1.807, 2.05) is 0 Å². The maximum absolute atomic E-state index is 13.3. The lowest BCUT2D eigenvalue weighted by molar-refractivity contribution is -0.139. The highest BCUT2D eigenvalue weighted by molar-refractivity contribution is 7.89. The number of hydrogen-bond acceptors (Lipinski definition) is 3. The van der Waals surface area contributed by atoms with Crippen LogP contribution in [0.3, 0.4) is 0 Å². The Hall–Kier alpha value is -2.39. The van der Waals surface area contributed by atoms with Crippen LogP contribution in [0, 0.1) is 0 Å². The zero-order chi connectivity index (χ0) is 19.8. The molecule has 2 aromatic carbocycles. The van der Waals surface area contributed by atoms with Crippen LogP contribution in [0.1, 0.15) is 16.7 Å². The summed E-state index contributed by atoms with van der Waals surface area (Å²) in [5.41, 5.74) is 0.201. The summed E-state index contributed by atoms with van der Waals surface area (Å²) >= 11 is 0. The molecule has 0 saturated carbocycles. The van der Waals surface area contributed by atoms with Crippen molar-refractivity contribution in [1.82, 2.24) is 9.62 Å². The molecule has 1 aliphatic rings. The highest BCUT2D eigenvalue weighted by Crippen LogP contribution is 2.37. The topological polar surface area (TPSA) is 66.5 Å². The first-order valence-corrected chi connectivity index (χ1v) is 9.56. The van der Waals surface area contributed by atoms with Crippen molar-refractivity contribution >= 4 is 15.9 Å². The van der Waals surface area contributed by atoms with Crippen LogP contribution in [0.25, 0.3) is 0 Å². The molecule has 5 nitrogen and oxygen atoms in total. The number of nitrogens with zero attached hydrogens (tertiary/aromatic N) is 1. The van der Waals surface area contributed by atoms with Crippen molar-refractivity contribution in [3.05, 3.63) is 65.2 Å². The molecule has 1 aliphatic heterocycles. The third kappa shape index (κ3) is 3.57. The molecule has 144 valence electrons. The number of nitrogens with one attached hydrogen (secondary N) is 1. The maximum Gasteiger partial charge on any atom is 0.417 e. The Morgan fingerprint density at radius 2 is 1.67 bits per heavy atom. The van der Waals surface area contributed by atoms with Gasteiger partial charge in [-0.3, -0.25) is 4.79 Å². The van der Waals surface area contributed by atoms with Gasteiger partial charge >= 0.3 is 6.18 Å². The van der Waals surface area contributed by atoms with Crippen LogP contribution >= 0.6 is 0 Å². The van der Waals surface area contributed by atoms with Gasteiger partial charge in [-0.25, -0.2) is 8.42 Å². The summed E-state index contributed by atoms with van der Waals surface area (Å²) in [6, 6.07) is 9.83. The quantitative estimate of drug-likeness (QED) is 0.864. The largest absolute Gasteiger partial charge is 0.417 e. The second-order valence-electron chi connectivity index (χ2n) is 6.15. The molecule has 1 heterocycles. The molecular weight excluding hydrogens is 381 g/mol. The van der Waals surface area contributed by atoms with E-state index < -0.39 is 38.6 Å². The lowest BCUT2D eigenvalue weighted by Gasteiger charge is -2.35. The predicted molar refractivity (Wildman–Crippen MR) is 92.2 cm³/mol. The van der Waals surface area contributed by atoms with E-state index in [-0.39, 0.29) is 13.0 Å². The molecule has 0 aromatic heterocycles. The number of hydrogen-bond donors (Lipinski definition) is 1. The van der Waals surface area contributed by atoms with Crippen molar-refractivity contribution in [2.45, 2.75) is 30.1 Å². The summed E-state index contributed by atoms with van der Waals surface area (Å²) < 4.78 is 67.2. The Bertz CT molecular complexity index is 974. The summed E-state index contributed by atoms with van der Waals surface area (Å²) in [5, 5.41) is 2.40. The van der Waals surface area contributed by atoms with Gasteiger partial charge < -0.3 is 5.32 Å². The highest BCUT2D eigenvalue weighted by atomic mass is 32.2. The number of amides is 1. The smallest absolute Gasteiger partial charge is 0.358 e. The molecule has 27 heavy (non-hydrogen) atoms. The van der Waals surface area contributed by atoms with E-state index >= 15 is 0 Å². The first-order chi connectivity index (χ1) is 12.7. The van der Waals surface area contributed by atoms with Crippen LogP contribution in [0.15, 0.2) is 53.4 Å². The Morgan fingerprint density at radius 1 is 1.07 bits per heavy atom. The van der Waals surface area contributed by atoms with Crippen LogP contribution in [0.2, 0.25) is 0 Å². The van der Waals surface area contributed by atoms with E-state index in [0.29, 0.717) is 5.56 Å². The zero-order valence-corrected chi connectivity index (χ0v) is 15.1. The van der Waals surface area contributed by atoms with Crippen LogP contribution in [-0.2, 0) is 34.0 Å². The number of carbonyl (C=O) groups is 1. The highest BCUT2D eigenvalue weighted by Gasteiger charge is 2.43. The van der Waals surface area contributed by atoms with Crippen molar-refractivity contribution in [2.75, 3.05) is 7.05 Å². The van der Waals surface area contributed by atoms with Crippen LogP contribution < -0.4 is 5.32 Å². The van der Waals surface area contributed by atoms with E-state index in [0.717, 1.165) is 28.1 Å². The van der Waals surface area contributed by atoms with Crippen molar-refractivity contribution in [2.24, 2.45) is 0 Å². The molecular formula is C18H17F3N2O3S. The standard InChI is InChI=1S/C18H17F3N2O3S/c1-22-17(24)15-10-12-6-2-3-7-13(12)11-23(15)27(25,26)16-9-5-4-8-14(16)18(19,20)21/h2-9,15H,10-11H2,1H3,(H,22,24)/t15-/m0/s1. The summed E-state index contributed by atoms with van der Waals surface area (Å²) in [4.78, 5) is 11.5. The molecule has 2 aromatic rings. The second kappa shape index (κ2) is 6.97. The Balaban J connectivity index is 2.14. The minimum absolute atomic E-state index is 0.0866. The Kier molecular flexibility index (Phi) is 5.00. The molecule has 0 saturated heterocycles. The van der Waals surface area contributed by atoms with Gasteiger partial charge in [-0.2, -0.15) is 17.5 Å². The molecule has 1 atom stereocenters. The summed E-state index contributed by atoms with van der Waals surface area (Å²) in [6.45, 7) is -0.178. The van der Waals surface area contributed by atoms with Gasteiger partial charge in [0.2, 0.25) is 15.9 Å². The summed E-state index contributed by atoms with van der Waals surface area (Å²) in [7, 11) is -3.21. The predicted octanol–water partition coefficient (Wildman–Crippen LogP) is 2.57. The molecule has 0 fully saturated rings. The number of carbonyl (C=O) groups excluding carboxylic acids is 1. The van der Waals surface area contributed by atoms with Crippen LogP contribution in [0.5, 0.6) is 0 Å². The Morgan fingerprint density at radius 3 is 2.30 bits per heavy atom. The first kappa shape index (κ1) is 19.4. The fourth-order valence-corrected chi connectivity index (χ4v) is 4.97. The van der Waals surface area contributed by atoms with Gasteiger partial charge in [-0.15, -0.1) is 0 Å². The average molecular weight is 398 g/mol. The fraction of sp³-hybridized carbons (Fsp3) is 0.278. The fourth-order valence-electron chi connectivity index (χ4n) is 3.19. The zero-order valence-electron chi connectivity index (χ0n) is 14.3. The molecule has 0 spiro atoms. The number of likely N-dealkylation sites (N-methyl/N-ethyl adjacent to an activating group) is 1. The van der Waals surface area contributed by atoms with E-state index in [4.69, 9.17) is 0 Å². The van der Waals surface area contributed by atoms with E-state index in [1.165, 1.54) is 13.1 Å². The van der Waals surface area contributed by atoms with Gasteiger partial charge in [0.15, 0.2) is 0 Å². The maximum atomic E-state index is 13.3. The first-order valence-electron chi connectivity index (χ1n) is 8.12. The number of fused-ring (bicyclic) bond motifs is 1. The third-order valence-corrected chi connectivity index (χ3v) is 6.45. The van der Waals surface area contributed by atoms with E-state index in [1.54, 1.807) is 24.3 Å². The van der Waals surface area contributed by atoms with Crippen molar-refractivity contribution in [3.8, 4) is 0 Å². The third-order valence-electron chi connectivity index (χ3n) is 4.53. The Labute approximate surface area is 154 Å². The molecule has 0 unspecified atom stereocenters.